The zero-order chi connectivity index (χ0) is 14.8. The Bertz CT molecular complexity index is 290. The Morgan fingerprint density at radius 2 is 1.50 bits per heavy atom. The molecule has 0 aromatic heterocycles. The van der Waals surface area contributed by atoms with Crippen LogP contribution in [0.3, 0.4) is 0 Å². The van der Waals surface area contributed by atoms with Crippen molar-refractivity contribution in [1.29, 1.82) is 0 Å². The van der Waals surface area contributed by atoms with Crippen LogP contribution in [0.4, 0.5) is 0 Å². The van der Waals surface area contributed by atoms with Crippen LogP contribution >= 0.6 is 0 Å². The van der Waals surface area contributed by atoms with Crippen LogP contribution in [0.2, 0.25) is 0 Å². The molecule has 118 valence electrons. The van der Waals surface area contributed by atoms with E-state index in [4.69, 9.17) is 9.47 Å². The molecule has 0 aromatic carbocycles. The first-order valence-electron chi connectivity index (χ1n) is 8.40. The minimum Gasteiger partial charge on any atom is -0.375 e. The first kappa shape index (κ1) is 16.3. The molecule has 1 aliphatic heterocycles. The second kappa shape index (κ2) is 6.76. The number of ether oxygens (including phenoxy) is 2. The maximum Gasteiger partial charge on any atom is 0.0604 e. The van der Waals surface area contributed by atoms with Crippen molar-refractivity contribution in [2.45, 2.75) is 96.7 Å². The van der Waals surface area contributed by atoms with Crippen LogP contribution in [-0.2, 0) is 9.47 Å². The first-order chi connectivity index (χ1) is 9.34. The van der Waals surface area contributed by atoms with Gasteiger partial charge in [0.25, 0.3) is 0 Å². The van der Waals surface area contributed by atoms with E-state index in [0.717, 1.165) is 6.42 Å². The van der Waals surface area contributed by atoms with Gasteiger partial charge in [0.05, 0.1) is 24.4 Å². The van der Waals surface area contributed by atoms with Gasteiger partial charge in [-0.3, -0.25) is 4.90 Å². The minimum atomic E-state index is 0.300. The fourth-order valence-corrected chi connectivity index (χ4v) is 3.47. The summed E-state index contributed by atoms with van der Waals surface area (Å²) in [5, 5.41) is 0. The highest BCUT2D eigenvalue weighted by Crippen LogP contribution is 2.29. The molecular weight excluding hydrogens is 250 g/mol. The van der Waals surface area contributed by atoms with Crippen LogP contribution in [0.5, 0.6) is 0 Å². The largest absolute Gasteiger partial charge is 0.375 e. The smallest absolute Gasteiger partial charge is 0.0604 e. The summed E-state index contributed by atoms with van der Waals surface area (Å²) in [7, 11) is 0. The molecule has 0 unspecified atom stereocenters. The van der Waals surface area contributed by atoms with E-state index in [-0.39, 0.29) is 0 Å². The Kier molecular flexibility index (Phi) is 5.49. The summed E-state index contributed by atoms with van der Waals surface area (Å²) in [6.45, 7) is 13.5. The number of piperidine rings is 1. The van der Waals surface area contributed by atoms with E-state index in [1.165, 1.54) is 38.8 Å². The third kappa shape index (κ3) is 4.71. The molecule has 3 heteroatoms. The average Bonchev–Trinajstić information content (AvgIpc) is 2.75. The average molecular weight is 283 g/mol. The van der Waals surface area contributed by atoms with Gasteiger partial charge in [-0.15, -0.1) is 0 Å². The molecule has 20 heavy (non-hydrogen) atoms. The molecule has 2 rings (SSSR count). The predicted octanol–water partition coefficient (Wildman–Crippen LogP) is 3.61. The Hall–Kier alpha value is -0.120. The normalized spacial score (nSPS) is 30.3. The van der Waals surface area contributed by atoms with Crippen LogP contribution in [0.15, 0.2) is 0 Å². The van der Waals surface area contributed by atoms with Crippen molar-refractivity contribution in [3.63, 3.8) is 0 Å². The van der Waals surface area contributed by atoms with Gasteiger partial charge in [-0.05, 0) is 66.7 Å². The van der Waals surface area contributed by atoms with Gasteiger partial charge < -0.3 is 9.47 Å². The fraction of sp³-hybridized carbons (Fsp3) is 1.00. The van der Waals surface area contributed by atoms with Gasteiger partial charge in [0, 0.05) is 18.6 Å². The van der Waals surface area contributed by atoms with Gasteiger partial charge >= 0.3 is 0 Å². The quantitative estimate of drug-likeness (QED) is 0.786. The van der Waals surface area contributed by atoms with Crippen molar-refractivity contribution in [3.8, 4) is 0 Å². The topological polar surface area (TPSA) is 21.7 Å². The number of nitrogens with zero attached hydrogens (tertiary/aromatic N) is 1. The maximum absolute atomic E-state index is 6.32. The van der Waals surface area contributed by atoms with Crippen molar-refractivity contribution < 1.29 is 9.47 Å². The highest BCUT2D eigenvalue weighted by Gasteiger charge is 2.32. The van der Waals surface area contributed by atoms with Gasteiger partial charge in [-0.25, -0.2) is 0 Å². The van der Waals surface area contributed by atoms with Crippen LogP contribution in [0.1, 0.15) is 66.7 Å². The third-order valence-corrected chi connectivity index (χ3v) is 4.58. The van der Waals surface area contributed by atoms with Gasteiger partial charge in [-0.1, -0.05) is 0 Å². The molecule has 1 aliphatic carbocycles. The molecule has 0 aromatic rings. The van der Waals surface area contributed by atoms with Gasteiger partial charge in [0.15, 0.2) is 0 Å². The molecule has 2 fully saturated rings. The highest BCUT2D eigenvalue weighted by atomic mass is 16.5. The molecule has 0 radical (unpaired) electrons. The summed E-state index contributed by atoms with van der Waals surface area (Å²) in [5.41, 5.74) is 0.300. The Morgan fingerprint density at radius 1 is 0.900 bits per heavy atom. The molecular formula is C17H33NO2. The third-order valence-electron chi connectivity index (χ3n) is 4.58. The molecule has 3 nitrogen and oxygen atoms in total. The fourth-order valence-electron chi connectivity index (χ4n) is 3.47. The zero-order valence-corrected chi connectivity index (χ0v) is 14.0. The molecule has 1 heterocycles. The monoisotopic (exact) mass is 283 g/mol. The second-order valence-electron chi connectivity index (χ2n) is 7.74. The summed E-state index contributed by atoms with van der Waals surface area (Å²) in [4.78, 5) is 2.58. The van der Waals surface area contributed by atoms with Crippen LogP contribution in [0.25, 0.3) is 0 Å². The molecule has 0 bridgehead atoms. The van der Waals surface area contributed by atoms with Crippen molar-refractivity contribution in [2.75, 3.05) is 13.1 Å². The van der Waals surface area contributed by atoms with Crippen molar-refractivity contribution in [3.05, 3.63) is 0 Å². The highest BCUT2D eigenvalue weighted by molar-refractivity contribution is 4.84. The minimum absolute atomic E-state index is 0.300. The SMILES string of the molecule is CC(C)O[C@@H]1CC[C@@H](OC2CCN(C(C)(C)C)CC2)C1. The summed E-state index contributed by atoms with van der Waals surface area (Å²) < 4.78 is 12.2. The van der Waals surface area contributed by atoms with Crippen molar-refractivity contribution in [2.24, 2.45) is 0 Å². The lowest BCUT2D eigenvalue weighted by Crippen LogP contribution is -2.48. The van der Waals surface area contributed by atoms with Gasteiger partial charge in [0.1, 0.15) is 0 Å². The summed E-state index contributed by atoms with van der Waals surface area (Å²) in [6.07, 6.45) is 7.48. The predicted molar refractivity (Wildman–Crippen MR) is 83.1 cm³/mol. The lowest BCUT2D eigenvalue weighted by molar-refractivity contribution is -0.0604. The number of likely N-dealkylation sites (tertiary alicyclic amines) is 1. The Balaban J connectivity index is 1.69. The van der Waals surface area contributed by atoms with Crippen molar-refractivity contribution >= 4 is 0 Å². The number of hydrogen-bond donors (Lipinski definition) is 0. The number of rotatable bonds is 4. The van der Waals surface area contributed by atoms with Crippen LogP contribution in [-0.4, -0.2) is 47.9 Å². The molecule has 0 spiro atoms. The lowest BCUT2D eigenvalue weighted by Gasteiger charge is -2.41. The summed E-state index contributed by atoms with van der Waals surface area (Å²) >= 11 is 0. The summed E-state index contributed by atoms with van der Waals surface area (Å²) in [5.74, 6) is 0. The van der Waals surface area contributed by atoms with E-state index < -0.39 is 0 Å². The van der Waals surface area contributed by atoms with E-state index in [1.54, 1.807) is 0 Å². The van der Waals surface area contributed by atoms with E-state index in [1.807, 2.05) is 0 Å². The molecule has 1 saturated heterocycles. The van der Waals surface area contributed by atoms with Gasteiger partial charge in [-0.2, -0.15) is 0 Å². The standard InChI is InChI=1S/C17H33NO2/c1-13(2)19-15-6-7-16(12-15)20-14-8-10-18(11-9-14)17(3,4)5/h13-16H,6-12H2,1-5H3/t15-,16-/m1/s1. The second-order valence-corrected chi connectivity index (χ2v) is 7.74. The van der Waals surface area contributed by atoms with Crippen molar-refractivity contribution in [1.82, 2.24) is 4.90 Å². The Morgan fingerprint density at radius 3 is 2.05 bits per heavy atom. The zero-order valence-electron chi connectivity index (χ0n) is 14.0. The first-order valence-corrected chi connectivity index (χ1v) is 8.40. The molecule has 2 atom stereocenters. The molecule has 0 amide bonds. The number of hydrogen-bond acceptors (Lipinski definition) is 3. The van der Waals surface area contributed by atoms with E-state index in [0.29, 0.717) is 30.0 Å². The summed E-state index contributed by atoms with van der Waals surface area (Å²) in [6, 6.07) is 0. The van der Waals surface area contributed by atoms with Crippen LogP contribution < -0.4 is 0 Å². The lowest BCUT2D eigenvalue weighted by atomic mass is 9.99. The molecule has 1 saturated carbocycles. The van der Waals surface area contributed by atoms with Crippen LogP contribution in [0, 0.1) is 0 Å². The van der Waals surface area contributed by atoms with Gasteiger partial charge in [0.2, 0.25) is 0 Å². The van der Waals surface area contributed by atoms with E-state index >= 15 is 0 Å². The van der Waals surface area contributed by atoms with E-state index in [2.05, 4.69) is 39.5 Å². The maximum atomic E-state index is 6.32. The van der Waals surface area contributed by atoms with E-state index in [9.17, 15) is 0 Å². The molecule has 2 aliphatic rings. The Labute approximate surface area is 125 Å². The molecule has 0 N–H and O–H groups in total.